The molecule has 0 radical (unpaired) electrons. The van der Waals surface area contributed by atoms with Gasteiger partial charge in [0.25, 0.3) is 5.56 Å². The standard InChI is InChI=1S/C9H7NO3S/c11-9-6-5-7-3-1-2-4-8(7)10(9)14(12)13/h1-6H,(H,12,13)/p-1. The SMILES string of the molecule is O=c1ccc2ccccc2n1S(=O)[O-]. The Balaban J connectivity index is 2.97. The minimum Gasteiger partial charge on any atom is -0.755 e. The van der Waals surface area contributed by atoms with Gasteiger partial charge in [-0.05, 0) is 17.5 Å². The summed E-state index contributed by atoms with van der Waals surface area (Å²) in [5.41, 5.74) is -0.148. The van der Waals surface area contributed by atoms with E-state index in [9.17, 15) is 13.6 Å². The first-order valence-electron chi connectivity index (χ1n) is 3.91. The van der Waals surface area contributed by atoms with E-state index in [1.165, 1.54) is 6.07 Å². The predicted octanol–water partition coefficient (Wildman–Crippen LogP) is 0.644. The Morgan fingerprint density at radius 3 is 2.57 bits per heavy atom. The molecular formula is C9H6NO3S-. The van der Waals surface area contributed by atoms with E-state index in [1.807, 2.05) is 0 Å². The van der Waals surface area contributed by atoms with Gasteiger partial charge >= 0.3 is 0 Å². The average Bonchev–Trinajstić information content (AvgIpc) is 2.17. The molecule has 1 aromatic heterocycles. The molecule has 0 bridgehead atoms. The monoisotopic (exact) mass is 208 g/mol. The van der Waals surface area contributed by atoms with E-state index in [4.69, 9.17) is 0 Å². The van der Waals surface area contributed by atoms with E-state index >= 15 is 0 Å². The molecule has 1 unspecified atom stereocenters. The van der Waals surface area contributed by atoms with Crippen LogP contribution in [0.4, 0.5) is 0 Å². The van der Waals surface area contributed by atoms with Gasteiger partial charge in [-0.3, -0.25) is 9.00 Å². The summed E-state index contributed by atoms with van der Waals surface area (Å²) in [4.78, 5) is 11.2. The van der Waals surface area contributed by atoms with Crippen LogP contribution in [0.25, 0.3) is 10.9 Å². The minimum atomic E-state index is -2.56. The topological polar surface area (TPSA) is 62.1 Å². The maximum atomic E-state index is 11.2. The Bertz CT molecular complexity index is 561. The summed E-state index contributed by atoms with van der Waals surface area (Å²) in [6, 6.07) is 9.64. The van der Waals surface area contributed by atoms with Gasteiger partial charge in [0, 0.05) is 6.07 Å². The van der Waals surface area contributed by atoms with Crippen molar-refractivity contribution in [2.45, 2.75) is 0 Å². The Labute approximate surface area is 82.2 Å². The van der Waals surface area contributed by atoms with Gasteiger partial charge in [-0.1, -0.05) is 18.2 Å². The van der Waals surface area contributed by atoms with Crippen LogP contribution in [0.5, 0.6) is 0 Å². The number of hydrogen-bond acceptors (Lipinski definition) is 3. The fourth-order valence-corrected chi connectivity index (χ4v) is 1.85. The predicted molar refractivity (Wildman–Crippen MR) is 52.5 cm³/mol. The number of rotatable bonds is 1. The fraction of sp³-hybridized carbons (Fsp3) is 0. The van der Waals surface area contributed by atoms with E-state index in [-0.39, 0.29) is 0 Å². The van der Waals surface area contributed by atoms with Crippen molar-refractivity contribution in [2.24, 2.45) is 0 Å². The molecule has 0 fully saturated rings. The van der Waals surface area contributed by atoms with Gasteiger partial charge in [0.2, 0.25) is 0 Å². The minimum absolute atomic E-state index is 0.397. The van der Waals surface area contributed by atoms with Crippen LogP contribution < -0.4 is 5.56 Å². The molecule has 0 aliphatic heterocycles. The number of aromatic nitrogens is 1. The van der Waals surface area contributed by atoms with Crippen LogP contribution in [0.3, 0.4) is 0 Å². The molecule has 0 aliphatic carbocycles. The Kier molecular flexibility index (Phi) is 2.18. The van der Waals surface area contributed by atoms with Crippen LogP contribution in [0, 0.1) is 0 Å². The van der Waals surface area contributed by atoms with Crippen LogP contribution in [-0.2, 0) is 11.3 Å². The molecule has 72 valence electrons. The average molecular weight is 208 g/mol. The number of fused-ring (bicyclic) bond motifs is 1. The van der Waals surface area contributed by atoms with Crippen LogP contribution in [-0.4, -0.2) is 12.7 Å². The Morgan fingerprint density at radius 1 is 1.14 bits per heavy atom. The maximum Gasteiger partial charge on any atom is 0.262 e. The second-order valence-electron chi connectivity index (χ2n) is 2.74. The zero-order valence-electron chi connectivity index (χ0n) is 7.04. The third-order valence-electron chi connectivity index (χ3n) is 1.91. The molecule has 0 spiro atoms. The number of nitrogens with zero attached hydrogens (tertiary/aromatic N) is 1. The highest BCUT2D eigenvalue weighted by molar-refractivity contribution is 7.77. The normalized spacial score (nSPS) is 12.9. The highest BCUT2D eigenvalue weighted by Gasteiger charge is 2.01. The summed E-state index contributed by atoms with van der Waals surface area (Å²) in [7, 11) is 0. The van der Waals surface area contributed by atoms with Crippen molar-refractivity contribution in [3.8, 4) is 0 Å². The van der Waals surface area contributed by atoms with Gasteiger partial charge < -0.3 is 4.55 Å². The number of benzene rings is 1. The van der Waals surface area contributed by atoms with Crippen molar-refractivity contribution in [1.29, 1.82) is 0 Å². The van der Waals surface area contributed by atoms with Crippen LogP contribution in [0.15, 0.2) is 41.2 Å². The molecule has 2 aromatic rings. The number of pyridine rings is 1. The lowest BCUT2D eigenvalue weighted by molar-refractivity contribution is 0.528. The molecule has 1 atom stereocenters. The summed E-state index contributed by atoms with van der Waals surface area (Å²) >= 11 is -2.56. The van der Waals surface area contributed by atoms with E-state index < -0.39 is 16.8 Å². The zero-order valence-corrected chi connectivity index (χ0v) is 7.86. The first-order chi connectivity index (χ1) is 6.70. The van der Waals surface area contributed by atoms with E-state index in [2.05, 4.69) is 0 Å². The molecule has 1 aromatic carbocycles. The molecule has 5 heteroatoms. The number of hydrogen-bond donors (Lipinski definition) is 0. The first kappa shape index (κ1) is 9.11. The van der Waals surface area contributed by atoms with Gasteiger partial charge in [-0.15, -0.1) is 0 Å². The van der Waals surface area contributed by atoms with Gasteiger partial charge in [0.15, 0.2) is 0 Å². The molecule has 1 heterocycles. The van der Waals surface area contributed by atoms with Crippen molar-refractivity contribution >= 4 is 22.2 Å². The maximum absolute atomic E-state index is 11.2. The smallest absolute Gasteiger partial charge is 0.262 e. The third kappa shape index (κ3) is 1.36. The second kappa shape index (κ2) is 3.36. The van der Waals surface area contributed by atoms with Crippen molar-refractivity contribution in [3.63, 3.8) is 0 Å². The molecule has 4 nitrogen and oxygen atoms in total. The largest absolute Gasteiger partial charge is 0.755 e. The molecule has 2 rings (SSSR count). The molecule has 0 saturated heterocycles. The summed E-state index contributed by atoms with van der Waals surface area (Å²) in [5, 5.41) is 0.719. The summed E-state index contributed by atoms with van der Waals surface area (Å²) in [6.07, 6.45) is 0. The fourth-order valence-electron chi connectivity index (χ4n) is 1.31. The van der Waals surface area contributed by atoms with Crippen molar-refractivity contribution in [1.82, 2.24) is 3.97 Å². The highest BCUT2D eigenvalue weighted by atomic mass is 32.2. The summed E-state index contributed by atoms with van der Waals surface area (Å²) in [5.74, 6) is 0. The zero-order chi connectivity index (χ0) is 10.1. The molecule has 0 saturated carbocycles. The lowest BCUT2D eigenvalue weighted by Gasteiger charge is -2.11. The van der Waals surface area contributed by atoms with Crippen LogP contribution in [0.2, 0.25) is 0 Å². The van der Waals surface area contributed by atoms with Gasteiger partial charge in [-0.2, -0.15) is 0 Å². The summed E-state index contributed by atoms with van der Waals surface area (Å²) in [6.45, 7) is 0. The lowest BCUT2D eigenvalue weighted by atomic mass is 10.2. The highest BCUT2D eigenvalue weighted by Crippen LogP contribution is 2.10. The quantitative estimate of drug-likeness (QED) is 0.646. The van der Waals surface area contributed by atoms with E-state index in [0.29, 0.717) is 5.52 Å². The lowest BCUT2D eigenvalue weighted by Crippen LogP contribution is -2.21. The second-order valence-corrected chi connectivity index (χ2v) is 3.54. The molecule has 0 aliphatic rings. The van der Waals surface area contributed by atoms with Gasteiger partial charge in [0.1, 0.15) is 0 Å². The van der Waals surface area contributed by atoms with Crippen molar-refractivity contribution < 1.29 is 8.76 Å². The van der Waals surface area contributed by atoms with Gasteiger partial charge in [-0.25, -0.2) is 3.97 Å². The van der Waals surface area contributed by atoms with Crippen LogP contribution in [0.1, 0.15) is 0 Å². The molecule has 0 amide bonds. The van der Waals surface area contributed by atoms with E-state index in [0.717, 1.165) is 9.36 Å². The van der Waals surface area contributed by atoms with Gasteiger partial charge in [0.05, 0.1) is 16.8 Å². The molecular weight excluding hydrogens is 202 g/mol. The van der Waals surface area contributed by atoms with Crippen LogP contribution >= 0.6 is 0 Å². The Hall–Kier alpha value is -1.46. The van der Waals surface area contributed by atoms with E-state index in [1.54, 1.807) is 30.3 Å². The van der Waals surface area contributed by atoms with Crippen molar-refractivity contribution in [3.05, 3.63) is 46.8 Å². The summed E-state index contributed by atoms with van der Waals surface area (Å²) < 4.78 is 22.3. The Morgan fingerprint density at radius 2 is 1.86 bits per heavy atom. The molecule has 14 heavy (non-hydrogen) atoms. The molecule has 0 N–H and O–H groups in total. The number of para-hydroxylation sites is 1. The van der Waals surface area contributed by atoms with Crippen molar-refractivity contribution in [2.75, 3.05) is 0 Å². The third-order valence-corrected chi connectivity index (χ3v) is 2.59. The first-order valence-corrected chi connectivity index (χ1v) is 4.94.